The monoisotopic (exact) mass is 164 g/mol. The van der Waals surface area contributed by atoms with Crippen LogP contribution in [0.25, 0.3) is 6.08 Å². The molecule has 0 aromatic carbocycles. The van der Waals surface area contributed by atoms with E-state index in [1.54, 1.807) is 6.08 Å². The minimum absolute atomic E-state index is 0.885. The quantitative estimate of drug-likeness (QED) is 0.514. The fourth-order valence-corrected chi connectivity index (χ4v) is 0.791. The molecule has 3 nitrogen and oxygen atoms in total. The van der Waals surface area contributed by atoms with Crippen LogP contribution in [0.4, 0.5) is 0 Å². The molecule has 0 spiro atoms. The van der Waals surface area contributed by atoms with Crippen molar-refractivity contribution in [2.45, 2.75) is 0 Å². The first-order chi connectivity index (χ1) is 5.68. The minimum Gasteiger partial charge on any atom is -0.478 e. The van der Waals surface area contributed by atoms with Gasteiger partial charge in [-0.15, -0.1) is 0 Å². The lowest BCUT2D eigenvalue weighted by atomic mass is 10.2. The van der Waals surface area contributed by atoms with E-state index in [2.05, 4.69) is 0 Å². The van der Waals surface area contributed by atoms with E-state index in [1.807, 2.05) is 36.1 Å². The maximum absolute atomic E-state index is 10.1. The summed E-state index contributed by atoms with van der Waals surface area (Å²) in [6, 6.07) is 3.69. The SMILES string of the molecule is C[n+]1ccc(/C=C/C(=O)O)cc1. The summed E-state index contributed by atoms with van der Waals surface area (Å²) in [6.07, 6.45) is 6.40. The maximum Gasteiger partial charge on any atom is 0.328 e. The van der Waals surface area contributed by atoms with E-state index in [0.29, 0.717) is 0 Å². The Morgan fingerprint density at radius 3 is 2.58 bits per heavy atom. The summed E-state index contributed by atoms with van der Waals surface area (Å²) in [6.45, 7) is 0. The average molecular weight is 164 g/mol. The topological polar surface area (TPSA) is 41.2 Å². The van der Waals surface area contributed by atoms with Crippen molar-refractivity contribution in [3.05, 3.63) is 36.2 Å². The van der Waals surface area contributed by atoms with E-state index in [-0.39, 0.29) is 0 Å². The van der Waals surface area contributed by atoms with Gasteiger partial charge in [-0.2, -0.15) is 0 Å². The number of carboxylic acids is 1. The van der Waals surface area contributed by atoms with Gasteiger partial charge in [-0.05, 0) is 11.6 Å². The fourth-order valence-electron chi connectivity index (χ4n) is 0.791. The molecule has 0 radical (unpaired) electrons. The summed E-state index contributed by atoms with van der Waals surface area (Å²) < 4.78 is 1.89. The highest BCUT2D eigenvalue weighted by molar-refractivity contribution is 5.85. The van der Waals surface area contributed by atoms with Crippen LogP contribution in [0.5, 0.6) is 0 Å². The minimum atomic E-state index is -0.928. The summed E-state index contributed by atoms with van der Waals surface area (Å²) in [5, 5.41) is 8.34. The predicted molar refractivity (Wildman–Crippen MR) is 44.3 cm³/mol. The Kier molecular flexibility index (Phi) is 2.58. The Labute approximate surface area is 70.6 Å². The fraction of sp³-hybridized carbons (Fsp3) is 0.111. The first-order valence-electron chi connectivity index (χ1n) is 3.55. The van der Waals surface area contributed by atoms with Crippen LogP contribution in [0.2, 0.25) is 0 Å². The van der Waals surface area contributed by atoms with E-state index in [1.165, 1.54) is 0 Å². The second-order valence-electron chi connectivity index (χ2n) is 2.47. The Hall–Kier alpha value is -1.64. The van der Waals surface area contributed by atoms with Crippen molar-refractivity contribution < 1.29 is 14.5 Å². The standard InChI is InChI=1S/C9H9NO2/c1-10-6-4-8(5-7-10)2-3-9(11)12/h2-7H,1H3/p+1/b3-2+. The van der Waals surface area contributed by atoms with Crippen LogP contribution in [0.15, 0.2) is 30.6 Å². The van der Waals surface area contributed by atoms with Gasteiger partial charge >= 0.3 is 5.97 Å². The number of nitrogens with zero attached hydrogens (tertiary/aromatic N) is 1. The molecular weight excluding hydrogens is 154 g/mol. The molecule has 1 rings (SSSR count). The van der Waals surface area contributed by atoms with Gasteiger partial charge in [0.1, 0.15) is 7.05 Å². The molecule has 0 amide bonds. The molecule has 1 aromatic heterocycles. The van der Waals surface area contributed by atoms with Crippen LogP contribution in [0.1, 0.15) is 5.56 Å². The summed E-state index contributed by atoms with van der Waals surface area (Å²) >= 11 is 0. The Morgan fingerprint density at radius 2 is 2.08 bits per heavy atom. The third kappa shape index (κ3) is 2.54. The van der Waals surface area contributed by atoms with Gasteiger partial charge < -0.3 is 5.11 Å². The van der Waals surface area contributed by atoms with Gasteiger partial charge in [-0.3, -0.25) is 0 Å². The van der Waals surface area contributed by atoms with Gasteiger partial charge in [-0.1, -0.05) is 0 Å². The van der Waals surface area contributed by atoms with Crippen molar-refractivity contribution in [3.63, 3.8) is 0 Å². The maximum atomic E-state index is 10.1. The summed E-state index contributed by atoms with van der Waals surface area (Å²) in [5.41, 5.74) is 0.885. The molecule has 0 saturated carbocycles. The third-order valence-corrected chi connectivity index (χ3v) is 1.42. The van der Waals surface area contributed by atoms with E-state index in [9.17, 15) is 4.79 Å². The van der Waals surface area contributed by atoms with Crippen molar-refractivity contribution >= 4 is 12.0 Å². The van der Waals surface area contributed by atoms with Crippen molar-refractivity contribution in [2.75, 3.05) is 0 Å². The number of aryl methyl sites for hydroxylation is 1. The second kappa shape index (κ2) is 3.67. The third-order valence-electron chi connectivity index (χ3n) is 1.42. The molecule has 1 aromatic rings. The summed E-state index contributed by atoms with van der Waals surface area (Å²) in [4.78, 5) is 10.1. The van der Waals surface area contributed by atoms with Crippen LogP contribution in [0, 0.1) is 0 Å². The Morgan fingerprint density at radius 1 is 1.50 bits per heavy atom. The normalized spacial score (nSPS) is 10.4. The highest BCUT2D eigenvalue weighted by atomic mass is 16.4. The smallest absolute Gasteiger partial charge is 0.328 e. The Bertz CT molecular complexity index is 301. The van der Waals surface area contributed by atoms with Crippen molar-refractivity contribution in [3.8, 4) is 0 Å². The van der Waals surface area contributed by atoms with E-state index in [4.69, 9.17) is 5.11 Å². The number of hydrogen-bond acceptors (Lipinski definition) is 1. The molecule has 0 aliphatic rings. The van der Waals surface area contributed by atoms with Gasteiger partial charge in [-0.25, -0.2) is 9.36 Å². The molecule has 62 valence electrons. The van der Waals surface area contributed by atoms with Crippen LogP contribution in [-0.4, -0.2) is 11.1 Å². The van der Waals surface area contributed by atoms with Crippen LogP contribution in [-0.2, 0) is 11.8 Å². The number of pyridine rings is 1. The number of hydrogen-bond donors (Lipinski definition) is 1. The number of aromatic nitrogens is 1. The lowest BCUT2D eigenvalue weighted by Gasteiger charge is -1.88. The summed E-state index contributed by atoms with van der Waals surface area (Å²) in [5.74, 6) is -0.928. The van der Waals surface area contributed by atoms with E-state index in [0.717, 1.165) is 11.6 Å². The summed E-state index contributed by atoms with van der Waals surface area (Å²) in [7, 11) is 1.91. The van der Waals surface area contributed by atoms with Gasteiger partial charge in [0.25, 0.3) is 0 Å². The molecule has 0 saturated heterocycles. The predicted octanol–water partition coefficient (Wildman–Crippen LogP) is 0.609. The molecule has 1 heterocycles. The lowest BCUT2D eigenvalue weighted by Crippen LogP contribution is -2.25. The molecule has 0 aliphatic carbocycles. The lowest BCUT2D eigenvalue weighted by molar-refractivity contribution is -0.671. The molecule has 12 heavy (non-hydrogen) atoms. The Balaban J connectivity index is 2.77. The van der Waals surface area contributed by atoms with Crippen molar-refractivity contribution in [2.24, 2.45) is 7.05 Å². The number of carbonyl (C=O) groups is 1. The van der Waals surface area contributed by atoms with Gasteiger partial charge in [0.2, 0.25) is 0 Å². The molecule has 0 fully saturated rings. The molecule has 3 heteroatoms. The van der Waals surface area contributed by atoms with Crippen LogP contribution < -0.4 is 4.57 Å². The van der Waals surface area contributed by atoms with Crippen LogP contribution in [0.3, 0.4) is 0 Å². The number of rotatable bonds is 2. The zero-order valence-electron chi connectivity index (χ0n) is 6.77. The molecular formula is C9H10NO2+. The van der Waals surface area contributed by atoms with E-state index < -0.39 is 5.97 Å². The second-order valence-corrected chi connectivity index (χ2v) is 2.47. The van der Waals surface area contributed by atoms with Gasteiger partial charge in [0, 0.05) is 18.2 Å². The van der Waals surface area contributed by atoms with Crippen LogP contribution >= 0.6 is 0 Å². The first kappa shape index (κ1) is 8.46. The molecule has 0 atom stereocenters. The van der Waals surface area contributed by atoms with Crippen molar-refractivity contribution in [1.82, 2.24) is 0 Å². The molecule has 0 bridgehead atoms. The molecule has 1 N–H and O–H groups in total. The van der Waals surface area contributed by atoms with Gasteiger partial charge in [0.05, 0.1) is 0 Å². The number of aliphatic carboxylic acids is 1. The number of carboxylic acid groups (broad SMARTS) is 1. The first-order valence-corrected chi connectivity index (χ1v) is 3.55. The molecule has 0 unspecified atom stereocenters. The highest BCUT2D eigenvalue weighted by Gasteiger charge is 1.91. The van der Waals surface area contributed by atoms with Gasteiger partial charge in [0.15, 0.2) is 12.4 Å². The van der Waals surface area contributed by atoms with E-state index >= 15 is 0 Å². The zero-order chi connectivity index (χ0) is 8.97. The molecule has 0 aliphatic heterocycles. The largest absolute Gasteiger partial charge is 0.478 e. The average Bonchev–Trinajstić information content (AvgIpc) is 2.03. The zero-order valence-corrected chi connectivity index (χ0v) is 6.77. The highest BCUT2D eigenvalue weighted by Crippen LogP contribution is 1.97. The van der Waals surface area contributed by atoms with Crippen molar-refractivity contribution in [1.29, 1.82) is 0 Å².